The number of hydrogen-bond acceptors (Lipinski definition) is 5. The van der Waals surface area contributed by atoms with Crippen molar-refractivity contribution in [1.82, 2.24) is 15.0 Å². The number of aliphatic hydroxyl groups is 1. The predicted molar refractivity (Wildman–Crippen MR) is 101 cm³/mol. The molecule has 0 radical (unpaired) electrons. The Morgan fingerprint density at radius 1 is 1.21 bits per heavy atom. The minimum absolute atomic E-state index is 0.144. The number of imidazole rings is 1. The van der Waals surface area contributed by atoms with E-state index in [0.29, 0.717) is 17.8 Å². The molecule has 0 saturated carbocycles. The minimum Gasteiger partial charge on any atom is -0.493 e. The van der Waals surface area contributed by atoms with Gasteiger partial charge >= 0.3 is 6.36 Å². The van der Waals surface area contributed by atoms with Crippen LogP contribution in [0.15, 0.2) is 24.4 Å². The normalized spacial score (nSPS) is 14.1. The van der Waals surface area contributed by atoms with Crippen LogP contribution in [-0.2, 0) is 12.0 Å². The van der Waals surface area contributed by atoms with Crippen molar-refractivity contribution in [2.75, 3.05) is 6.61 Å². The second-order valence-corrected chi connectivity index (χ2v) is 7.04. The number of alkyl halides is 3. The van der Waals surface area contributed by atoms with Crippen LogP contribution in [0.4, 0.5) is 13.2 Å². The number of benzene rings is 1. The van der Waals surface area contributed by atoms with Gasteiger partial charge in [-0.1, -0.05) is 0 Å². The van der Waals surface area contributed by atoms with E-state index in [1.165, 1.54) is 18.2 Å². The summed E-state index contributed by atoms with van der Waals surface area (Å²) in [5.41, 5.74) is 1.67. The summed E-state index contributed by atoms with van der Waals surface area (Å²) >= 11 is 0. The highest BCUT2D eigenvalue weighted by atomic mass is 19.4. The first-order valence-corrected chi connectivity index (χ1v) is 9.06. The highest BCUT2D eigenvalue weighted by Crippen LogP contribution is 2.31. The first-order chi connectivity index (χ1) is 13.5. The Morgan fingerprint density at radius 3 is 2.59 bits per heavy atom. The molecule has 1 aromatic carbocycles. The van der Waals surface area contributed by atoms with E-state index in [1.807, 2.05) is 20.8 Å². The van der Waals surface area contributed by atoms with Crippen molar-refractivity contribution in [2.24, 2.45) is 0 Å². The first-order valence-electron chi connectivity index (χ1n) is 9.06. The van der Waals surface area contributed by atoms with Gasteiger partial charge in [0.15, 0.2) is 0 Å². The smallest absolute Gasteiger partial charge is 0.493 e. The van der Waals surface area contributed by atoms with Crippen molar-refractivity contribution in [1.29, 1.82) is 0 Å². The fraction of sp³-hybridized carbons (Fsp3) is 0.400. The highest BCUT2D eigenvalue weighted by molar-refractivity contribution is 5.77. The van der Waals surface area contributed by atoms with Crippen LogP contribution in [0.25, 0.3) is 11.0 Å². The van der Waals surface area contributed by atoms with Crippen LogP contribution in [0.1, 0.15) is 36.5 Å². The SMILES string of the molecule is CCOc1c(C)cnc(CC(C)(O)c2nc3cc(OC(F)(F)F)ccc3[nH]2)c1C. The van der Waals surface area contributed by atoms with E-state index in [4.69, 9.17) is 4.74 Å². The lowest BCUT2D eigenvalue weighted by molar-refractivity contribution is -0.274. The molecule has 3 rings (SSSR count). The number of aromatic amines is 1. The number of halogens is 3. The van der Waals surface area contributed by atoms with Gasteiger partial charge in [-0.05, 0) is 39.8 Å². The quantitative estimate of drug-likeness (QED) is 0.634. The number of hydrogen-bond donors (Lipinski definition) is 2. The second kappa shape index (κ2) is 7.55. The van der Waals surface area contributed by atoms with Crippen LogP contribution in [0.2, 0.25) is 0 Å². The van der Waals surface area contributed by atoms with Crippen molar-refractivity contribution < 1.29 is 27.8 Å². The van der Waals surface area contributed by atoms with Crippen molar-refractivity contribution in [3.8, 4) is 11.5 Å². The zero-order valence-electron chi connectivity index (χ0n) is 16.5. The first kappa shape index (κ1) is 20.9. The van der Waals surface area contributed by atoms with Gasteiger partial charge in [0.05, 0.1) is 23.3 Å². The van der Waals surface area contributed by atoms with E-state index in [-0.39, 0.29) is 23.5 Å². The zero-order valence-corrected chi connectivity index (χ0v) is 16.5. The van der Waals surface area contributed by atoms with Gasteiger partial charge in [0.25, 0.3) is 0 Å². The van der Waals surface area contributed by atoms with Crippen LogP contribution in [0, 0.1) is 13.8 Å². The van der Waals surface area contributed by atoms with Crippen LogP contribution >= 0.6 is 0 Å². The topological polar surface area (TPSA) is 80.3 Å². The molecule has 9 heteroatoms. The molecule has 2 N–H and O–H groups in total. The zero-order chi connectivity index (χ0) is 21.4. The Balaban J connectivity index is 1.91. The van der Waals surface area contributed by atoms with E-state index in [9.17, 15) is 18.3 Å². The number of rotatable bonds is 6. The van der Waals surface area contributed by atoms with Gasteiger partial charge in [-0.25, -0.2) is 4.98 Å². The van der Waals surface area contributed by atoms with Gasteiger partial charge in [-0.15, -0.1) is 13.2 Å². The standard InChI is InChI=1S/C20H22F3N3O3/c1-5-28-17-11(2)10-24-16(12(17)3)9-19(4,27)18-25-14-7-6-13(8-15(14)26-18)29-20(21,22)23/h6-8,10,27H,5,9H2,1-4H3,(H,25,26). The third-order valence-corrected chi connectivity index (χ3v) is 4.54. The summed E-state index contributed by atoms with van der Waals surface area (Å²) in [6.07, 6.45) is -2.96. The molecule has 0 fully saturated rings. The third kappa shape index (κ3) is 4.61. The molecular weight excluding hydrogens is 387 g/mol. The Hall–Kier alpha value is -2.81. The number of nitrogens with one attached hydrogen (secondary N) is 1. The summed E-state index contributed by atoms with van der Waals surface area (Å²) in [5.74, 6) is 0.573. The summed E-state index contributed by atoms with van der Waals surface area (Å²) in [5, 5.41) is 11.0. The monoisotopic (exact) mass is 409 g/mol. The lowest BCUT2D eigenvalue weighted by Gasteiger charge is -2.22. The van der Waals surface area contributed by atoms with E-state index in [1.54, 1.807) is 13.1 Å². The average molecular weight is 409 g/mol. The van der Waals surface area contributed by atoms with Crippen molar-refractivity contribution in [3.63, 3.8) is 0 Å². The molecule has 1 atom stereocenters. The van der Waals surface area contributed by atoms with Gasteiger partial charge < -0.3 is 19.6 Å². The number of nitrogens with zero attached hydrogens (tertiary/aromatic N) is 2. The third-order valence-electron chi connectivity index (χ3n) is 4.54. The summed E-state index contributed by atoms with van der Waals surface area (Å²) in [4.78, 5) is 11.6. The summed E-state index contributed by atoms with van der Waals surface area (Å²) in [6, 6.07) is 3.78. The molecule has 0 bridgehead atoms. The van der Waals surface area contributed by atoms with Crippen molar-refractivity contribution in [3.05, 3.63) is 47.0 Å². The van der Waals surface area contributed by atoms with E-state index < -0.39 is 12.0 Å². The van der Waals surface area contributed by atoms with E-state index in [0.717, 1.165) is 16.9 Å². The van der Waals surface area contributed by atoms with Crippen LogP contribution in [-0.4, -0.2) is 33.0 Å². The largest absolute Gasteiger partial charge is 0.573 e. The van der Waals surface area contributed by atoms with Gasteiger partial charge in [0.1, 0.15) is 22.9 Å². The lowest BCUT2D eigenvalue weighted by Crippen LogP contribution is -2.27. The maximum Gasteiger partial charge on any atom is 0.573 e. The van der Waals surface area contributed by atoms with Gasteiger partial charge in [-0.2, -0.15) is 0 Å². The van der Waals surface area contributed by atoms with Gasteiger partial charge in [-0.3, -0.25) is 4.98 Å². The van der Waals surface area contributed by atoms with Gasteiger partial charge in [0.2, 0.25) is 0 Å². The maximum atomic E-state index is 12.4. The van der Waals surface area contributed by atoms with E-state index in [2.05, 4.69) is 19.7 Å². The summed E-state index contributed by atoms with van der Waals surface area (Å²) < 4.78 is 46.9. The summed E-state index contributed by atoms with van der Waals surface area (Å²) in [6.45, 7) is 7.73. The van der Waals surface area contributed by atoms with Crippen LogP contribution < -0.4 is 9.47 Å². The highest BCUT2D eigenvalue weighted by Gasteiger charge is 2.32. The molecule has 3 aromatic rings. The molecule has 156 valence electrons. The number of aromatic nitrogens is 3. The molecule has 0 aliphatic heterocycles. The van der Waals surface area contributed by atoms with E-state index >= 15 is 0 Å². The fourth-order valence-corrected chi connectivity index (χ4v) is 3.15. The molecule has 0 spiro atoms. The number of ether oxygens (including phenoxy) is 2. The maximum absolute atomic E-state index is 12.4. The molecule has 2 aromatic heterocycles. The number of pyridine rings is 1. The number of aryl methyl sites for hydroxylation is 1. The Kier molecular flexibility index (Phi) is 5.44. The minimum atomic E-state index is -4.79. The molecule has 2 heterocycles. The predicted octanol–water partition coefficient (Wildman–Crippen LogP) is 4.32. The Bertz CT molecular complexity index is 1030. The molecule has 6 nitrogen and oxygen atoms in total. The molecule has 1 unspecified atom stereocenters. The summed E-state index contributed by atoms with van der Waals surface area (Å²) in [7, 11) is 0. The Labute approximate surface area is 165 Å². The molecule has 0 saturated heterocycles. The average Bonchev–Trinajstić information content (AvgIpc) is 3.04. The molecule has 0 amide bonds. The van der Waals surface area contributed by atoms with Crippen molar-refractivity contribution in [2.45, 2.75) is 46.1 Å². The second-order valence-electron chi connectivity index (χ2n) is 7.04. The van der Waals surface area contributed by atoms with Crippen LogP contribution in [0.3, 0.4) is 0 Å². The fourth-order valence-electron chi connectivity index (χ4n) is 3.15. The molecule has 0 aliphatic rings. The van der Waals surface area contributed by atoms with Gasteiger partial charge in [0, 0.05) is 29.8 Å². The Morgan fingerprint density at radius 2 is 1.93 bits per heavy atom. The molecule has 0 aliphatic carbocycles. The number of fused-ring (bicyclic) bond motifs is 1. The van der Waals surface area contributed by atoms with Crippen molar-refractivity contribution >= 4 is 11.0 Å². The molecule has 29 heavy (non-hydrogen) atoms. The molecular formula is C20H22F3N3O3. The number of H-pyrrole nitrogens is 1. The van der Waals surface area contributed by atoms with Crippen LogP contribution in [0.5, 0.6) is 11.5 Å². The lowest BCUT2D eigenvalue weighted by atomic mass is 9.96.